The molecule has 1 saturated carbocycles. The Kier molecular flexibility index (Phi) is 2.13. The van der Waals surface area contributed by atoms with Gasteiger partial charge < -0.3 is 9.64 Å². The van der Waals surface area contributed by atoms with Crippen LogP contribution < -0.4 is 0 Å². The maximum absolute atomic E-state index is 5.26. The molecule has 2 fully saturated rings. The quantitative estimate of drug-likeness (QED) is 0.564. The molecule has 1 saturated heterocycles. The third-order valence-electron chi connectivity index (χ3n) is 2.41. The SMILES string of the molecule is C(=C1CCC1)N1CCOCC1. The summed E-state index contributed by atoms with van der Waals surface area (Å²) in [5.41, 5.74) is 1.63. The highest BCUT2D eigenvalue weighted by Gasteiger charge is 2.11. The molecule has 0 aromatic heterocycles. The Morgan fingerprint density at radius 2 is 1.91 bits per heavy atom. The predicted molar refractivity (Wildman–Crippen MR) is 44.3 cm³/mol. The van der Waals surface area contributed by atoms with Gasteiger partial charge in [0.25, 0.3) is 0 Å². The minimum absolute atomic E-state index is 0.907. The van der Waals surface area contributed by atoms with Crippen LogP contribution in [-0.2, 0) is 4.74 Å². The van der Waals surface area contributed by atoms with Gasteiger partial charge in [-0.05, 0) is 25.5 Å². The van der Waals surface area contributed by atoms with Gasteiger partial charge in [0.2, 0.25) is 0 Å². The number of hydrogen-bond donors (Lipinski definition) is 0. The molecule has 1 heterocycles. The standard InChI is InChI=1S/C9H15NO/c1-2-9(3-1)8-10-4-6-11-7-5-10/h8H,1-7H2. The van der Waals surface area contributed by atoms with E-state index in [4.69, 9.17) is 4.74 Å². The first kappa shape index (κ1) is 7.17. The Bertz CT molecular complexity index is 153. The molecule has 0 amide bonds. The summed E-state index contributed by atoms with van der Waals surface area (Å²) in [6.45, 7) is 3.99. The van der Waals surface area contributed by atoms with Crippen molar-refractivity contribution in [3.05, 3.63) is 11.8 Å². The van der Waals surface area contributed by atoms with E-state index in [1.54, 1.807) is 5.57 Å². The van der Waals surface area contributed by atoms with Crippen LogP contribution in [0.5, 0.6) is 0 Å². The first-order valence-electron chi connectivity index (χ1n) is 4.46. The van der Waals surface area contributed by atoms with Crippen molar-refractivity contribution in [2.75, 3.05) is 26.3 Å². The molecule has 0 bridgehead atoms. The summed E-state index contributed by atoms with van der Waals surface area (Å²) in [6.07, 6.45) is 6.40. The molecular weight excluding hydrogens is 138 g/mol. The highest BCUT2D eigenvalue weighted by atomic mass is 16.5. The smallest absolute Gasteiger partial charge is 0.0642 e. The van der Waals surface area contributed by atoms with Crippen LogP contribution in [0.4, 0.5) is 0 Å². The van der Waals surface area contributed by atoms with Crippen LogP contribution in [0.1, 0.15) is 19.3 Å². The number of nitrogens with zero attached hydrogens (tertiary/aromatic N) is 1. The lowest BCUT2D eigenvalue weighted by Gasteiger charge is -2.28. The number of hydrogen-bond acceptors (Lipinski definition) is 2. The second-order valence-electron chi connectivity index (χ2n) is 3.29. The van der Waals surface area contributed by atoms with Gasteiger partial charge in [0.15, 0.2) is 0 Å². The minimum Gasteiger partial charge on any atom is -0.378 e. The van der Waals surface area contributed by atoms with Crippen molar-refractivity contribution in [3.8, 4) is 0 Å². The molecule has 0 unspecified atom stereocenters. The van der Waals surface area contributed by atoms with Crippen LogP contribution in [0, 0.1) is 0 Å². The summed E-state index contributed by atoms with van der Waals surface area (Å²) in [4.78, 5) is 2.39. The van der Waals surface area contributed by atoms with Gasteiger partial charge in [0.05, 0.1) is 13.2 Å². The van der Waals surface area contributed by atoms with E-state index < -0.39 is 0 Å². The summed E-state index contributed by atoms with van der Waals surface area (Å²) in [6, 6.07) is 0. The van der Waals surface area contributed by atoms with Crippen molar-refractivity contribution in [2.24, 2.45) is 0 Å². The normalized spacial score (nSPS) is 24.7. The molecule has 2 aliphatic rings. The first-order chi connectivity index (χ1) is 5.45. The molecule has 2 rings (SSSR count). The van der Waals surface area contributed by atoms with Crippen molar-refractivity contribution in [3.63, 3.8) is 0 Å². The number of ether oxygens (including phenoxy) is 1. The van der Waals surface area contributed by atoms with Gasteiger partial charge in [-0.15, -0.1) is 0 Å². The maximum Gasteiger partial charge on any atom is 0.0642 e. The van der Waals surface area contributed by atoms with Crippen molar-refractivity contribution in [2.45, 2.75) is 19.3 Å². The van der Waals surface area contributed by atoms with Crippen LogP contribution in [0.3, 0.4) is 0 Å². The summed E-state index contributed by atoms with van der Waals surface area (Å²) in [5.74, 6) is 0. The van der Waals surface area contributed by atoms with Crippen LogP contribution in [0.2, 0.25) is 0 Å². The average Bonchev–Trinajstić information content (AvgIpc) is 1.99. The van der Waals surface area contributed by atoms with E-state index in [9.17, 15) is 0 Å². The molecule has 0 spiro atoms. The van der Waals surface area contributed by atoms with E-state index >= 15 is 0 Å². The van der Waals surface area contributed by atoms with E-state index in [-0.39, 0.29) is 0 Å². The summed E-state index contributed by atoms with van der Waals surface area (Å²) < 4.78 is 5.26. The summed E-state index contributed by atoms with van der Waals surface area (Å²) >= 11 is 0. The van der Waals surface area contributed by atoms with Gasteiger partial charge in [0, 0.05) is 13.1 Å². The molecule has 2 heteroatoms. The van der Waals surface area contributed by atoms with Gasteiger partial charge in [-0.1, -0.05) is 5.57 Å². The Morgan fingerprint density at radius 1 is 1.18 bits per heavy atom. The number of morpholine rings is 1. The maximum atomic E-state index is 5.26. The molecule has 0 radical (unpaired) electrons. The van der Waals surface area contributed by atoms with Crippen LogP contribution >= 0.6 is 0 Å². The lowest BCUT2D eigenvalue weighted by Crippen LogP contribution is -2.32. The third kappa shape index (κ3) is 1.74. The number of rotatable bonds is 1. The molecule has 0 N–H and O–H groups in total. The van der Waals surface area contributed by atoms with Crippen molar-refractivity contribution >= 4 is 0 Å². The minimum atomic E-state index is 0.907. The Balaban J connectivity index is 1.83. The molecule has 0 aromatic rings. The van der Waals surface area contributed by atoms with Crippen molar-refractivity contribution in [1.82, 2.24) is 4.90 Å². The Morgan fingerprint density at radius 3 is 2.45 bits per heavy atom. The highest BCUT2D eigenvalue weighted by molar-refractivity contribution is 5.08. The predicted octanol–water partition coefficient (Wildman–Crippen LogP) is 1.39. The third-order valence-corrected chi connectivity index (χ3v) is 2.41. The van der Waals surface area contributed by atoms with Crippen LogP contribution in [0.15, 0.2) is 11.8 Å². The van der Waals surface area contributed by atoms with Gasteiger partial charge in [-0.3, -0.25) is 0 Å². The molecule has 62 valence electrons. The van der Waals surface area contributed by atoms with Crippen molar-refractivity contribution < 1.29 is 4.74 Å². The molecule has 1 aliphatic heterocycles. The van der Waals surface area contributed by atoms with E-state index in [1.165, 1.54) is 19.3 Å². The lowest BCUT2D eigenvalue weighted by molar-refractivity contribution is 0.0586. The van der Waals surface area contributed by atoms with E-state index in [0.717, 1.165) is 26.3 Å². The average molecular weight is 153 g/mol. The Hall–Kier alpha value is -0.500. The highest BCUT2D eigenvalue weighted by Crippen LogP contribution is 2.25. The van der Waals surface area contributed by atoms with E-state index in [0.29, 0.717) is 0 Å². The molecular formula is C9H15NO. The van der Waals surface area contributed by atoms with Gasteiger partial charge in [-0.2, -0.15) is 0 Å². The zero-order chi connectivity index (χ0) is 7.52. The molecule has 2 nitrogen and oxygen atoms in total. The Labute approximate surface area is 67.8 Å². The fourth-order valence-electron chi connectivity index (χ4n) is 1.47. The first-order valence-corrected chi connectivity index (χ1v) is 4.46. The van der Waals surface area contributed by atoms with Gasteiger partial charge >= 0.3 is 0 Å². The molecule has 11 heavy (non-hydrogen) atoms. The second kappa shape index (κ2) is 3.26. The fourth-order valence-corrected chi connectivity index (χ4v) is 1.47. The molecule has 0 atom stereocenters. The summed E-state index contributed by atoms with van der Waals surface area (Å²) in [5, 5.41) is 0. The zero-order valence-electron chi connectivity index (χ0n) is 6.88. The van der Waals surface area contributed by atoms with Crippen molar-refractivity contribution in [1.29, 1.82) is 0 Å². The van der Waals surface area contributed by atoms with Crippen LogP contribution in [-0.4, -0.2) is 31.2 Å². The zero-order valence-corrected chi connectivity index (χ0v) is 6.88. The second-order valence-corrected chi connectivity index (χ2v) is 3.29. The topological polar surface area (TPSA) is 12.5 Å². The van der Waals surface area contributed by atoms with E-state index in [1.807, 2.05) is 0 Å². The monoisotopic (exact) mass is 153 g/mol. The fraction of sp³-hybridized carbons (Fsp3) is 0.778. The van der Waals surface area contributed by atoms with Gasteiger partial charge in [-0.25, -0.2) is 0 Å². The van der Waals surface area contributed by atoms with E-state index in [2.05, 4.69) is 11.1 Å². The largest absolute Gasteiger partial charge is 0.378 e. The van der Waals surface area contributed by atoms with Crippen LogP contribution in [0.25, 0.3) is 0 Å². The summed E-state index contributed by atoms with van der Waals surface area (Å²) in [7, 11) is 0. The molecule has 0 aromatic carbocycles. The lowest BCUT2D eigenvalue weighted by atomic mass is 9.93. The molecule has 1 aliphatic carbocycles. The number of allylic oxidation sites excluding steroid dienone is 1. The van der Waals surface area contributed by atoms with Gasteiger partial charge in [0.1, 0.15) is 0 Å².